The first-order valence-electron chi connectivity index (χ1n) is 8.34. The van der Waals surface area contributed by atoms with E-state index < -0.39 is 5.97 Å². The van der Waals surface area contributed by atoms with Crippen LogP contribution in [0.4, 0.5) is 0 Å². The quantitative estimate of drug-likeness (QED) is 0.494. The van der Waals surface area contributed by atoms with Crippen LogP contribution in [-0.2, 0) is 4.74 Å². The summed E-state index contributed by atoms with van der Waals surface area (Å²) in [4.78, 5) is 29.2. The third-order valence-electron chi connectivity index (χ3n) is 4.16. The molecular weight excluding hydrogens is 378 g/mol. The first kappa shape index (κ1) is 17.9. The number of hydrogen-bond donors (Lipinski definition) is 0. The van der Waals surface area contributed by atoms with Crippen molar-refractivity contribution in [3.8, 4) is 17.1 Å². The van der Waals surface area contributed by atoms with Gasteiger partial charge in [0.1, 0.15) is 5.75 Å². The average molecular weight is 393 g/mol. The van der Waals surface area contributed by atoms with E-state index in [0.29, 0.717) is 26.6 Å². The summed E-state index contributed by atoms with van der Waals surface area (Å²) in [6.07, 6.45) is 1.74. The second kappa shape index (κ2) is 7.24. The summed E-state index contributed by atoms with van der Waals surface area (Å²) in [5, 5.41) is 4.34. The molecule has 4 rings (SSSR count). The van der Waals surface area contributed by atoms with Gasteiger partial charge < -0.3 is 9.47 Å². The Morgan fingerprint density at radius 2 is 1.86 bits per heavy atom. The zero-order valence-corrected chi connectivity index (χ0v) is 15.9. The van der Waals surface area contributed by atoms with Gasteiger partial charge in [0.2, 0.25) is 4.96 Å². The Morgan fingerprint density at radius 3 is 2.54 bits per heavy atom. The summed E-state index contributed by atoms with van der Waals surface area (Å²) >= 11 is 1.25. The molecule has 0 bridgehead atoms. The van der Waals surface area contributed by atoms with Gasteiger partial charge in [0.25, 0.3) is 5.56 Å². The smallest absolute Gasteiger partial charge is 0.337 e. The third-order valence-corrected chi connectivity index (χ3v) is 5.12. The van der Waals surface area contributed by atoms with Crippen molar-refractivity contribution in [2.24, 2.45) is 0 Å². The normalized spacial score (nSPS) is 11.7. The van der Waals surface area contributed by atoms with Crippen molar-refractivity contribution >= 4 is 28.3 Å². The highest BCUT2D eigenvalue weighted by Crippen LogP contribution is 2.27. The van der Waals surface area contributed by atoms with E-state index in [1.165, 1.54) is 23.0 Å². The molecule has 2 aromatic carbocycles. The van der Waals surface area contributed by atoms with E-state index in [1.807, 2.05) is 24.3 Å². The fourth-order valence-electron chi connectivity index (χ4n) is 2.76. The summed E-state index contributed by atoms with van der Waals surface area (Å²) in [5.74, 6) is 0.680. The molecule has 0 amide bonds. The summed E-state index contributed by atoms with van der Waals surface area (Å²) in [6.45, 7) is 0. The lowest BCUT2D eigenvalue weighted by molar-refractivity contribution is 0.0600. The van der Waals surface area contributed by atoms with Crippen molar-refractivity contribution in [2.45, 2.75) is 0 Å². The molecule has 0 fully saturated rings. The second-order valence-electron chi connectivity index (χ2n) is 5.86. The molecular formula is C20H15N3O4S. The lowest BCUT2D eigenvalue weighted by Gasteiger charge is -2.03. The lowest BCUT2D eigenvalue weighted by Crippen LogP contribution is -2.23. The number of ether oxygens (including phenoxy) is 2. The summed E-state index contributed by atoms with van der Waals surface area (Å²) in [7, 11) is 2.91. The van der Waals surface area contributed by atoms with Gasteiger partial charge in [-0.25, -0.2) is 4.79 Å². The maximum Gasteiger partial charge on any atom is 0.337 e. The SMILES string of the molecule is COC(=O)c1ccc(/C=c2\sc3nc(-c4ccccc4OC)nn3c2=O)cc1. The molecule has 0 aliphatic heterocycles. The van der Waals surface area contributed by atoms with Crippen LogP contribution in [0.3, 0.4) is 0 Å². The molecule has 0 atom stereocenters. The summed E-state index contributed by atoms with van der Waals surface area (Å²) < 4.78 is 11.8. The fourth-order valence-corrected chi connectivity index (χ4v) is 3.67. The molecule has 0 unspecified atom stereocenters. The highest BCUT2D eigenvalue weighted by molar-refractivity contribution is 7.15. The average Bonchev–Trinajstić information content (AvgIpc) is 3.27. The number of fused-ring (bicyclic) bond motifs is 1. The standard InChI is InChI=1S/C20H15N3O4S/c1-26-15-6-4-3-5-14(15)17-21-20-23(22-17)18(24)16(28-20)11-12-7-9-13(10-8-12)19(25)27-2/h3-11H,1-2H3/b16-11-. The van der Waals surface area contributed by atoms with Crippen molar-refractivity contribution in [1.82, 2.24) is 14.6 Å². The number of esters is 1. The van der Waals surface area contributed by atoms with Crippen LogP contribution in [0.1, 0.15) is 15.9 Å². The number of benzene rings is 2. The van der Waals surface area contributed by atoms with Crippen molar-refractivity contribution in [2.75, 3.05) is 14.2 Å². The molecule has 0 saturated heterocycles. The Balaban J connectivity index is 1.73. The van der Waals surface area contributed by atoms with Crippen molar-refractivity contribution in [1.29, 1.82) is 0 Å². The molecule has 0 radical (unpaired) electrons. The topological polar surface area (TPSA) is 82.8 Å². The molecule has 2 heterocycles. The van der Waals surface area contributed by atoms with Crippen LogP contribution in [-0.4, -0.2) is 34.8 Å². The highest BCUT2D eigenvalue weighted by atomic mass is 32.1. The van der Waals surface area contributed by atoms with Crippen molar-refractivity contribution in [3.05, 3.63) is 74.5 Å². The predicted molar refractivity (Wildman–Crippen MR) is 106 cm³/mol. The Bertz CT molecular complexity index is 1280. The van der Waals surface area contributed by atoms with E-state index in [0.717, 1.165) is 11.1 Å². The van der Waals surface area contributed by atoms with Gasteiger partial charge in [-0.15, -0.1) is 5.10 Å². The first-order valence-corrected chi connectivity index (χ1v) is 9.15. The number of hydrogen-bond acceptors (Lipinski definition) is 7. The Labute approximate surface area is 163 Å². The Hall–Kier alpha value is -3.52. The highest BCUT2D eigenvalue weighted by Gasteiger charge is 2.15. The molecule has 2 aromatic heterocycles. The lowest BCUT2D eigenvalue weighted by atomic mass is 10.1. The van der Waals surface area contributed by atoms with Crippen LogP contribution < -0.4 is 14.8 Å². The minimum atomic E-state index is -0.404. The van der Waals surface area contributed by atoms with E-state index >= 15 is 0 Å². The maximum absolute atomic E-state index is 12.7. The van der Waals surface area contributed by atoms with Gasteiger partial charge in [0.15, 0.2) is 5.82 Å². The molecule has 4 aromatic rings. The number of aromatic nitrogens is 3. The monoisotopic (exact) mass is 393 g/mol. The van der Waals surface area contributed by atoms with E-state index in [4.69, 9.17) is 4.74 Å². The van der Waals surface area contributed by atoms with Gasteiger partial charge in [0, 0.05) is 0 Å². The number of nitrogens with zero attached hydrogens (tertiary/aromatic N) is 3. The molecule has 0 aliphatic rings. The molecule has 7 nitrogen and oxygen atoms in total. The van der Waals surface area contributed by atoms with Gasteiger partial charge >= 0.3 is 5.97 Å². The summed E-state index contributed by atoms with van der Waals surface area (Å²) in [6, 6.07) is 14.2. The number of methoxy groups -OCH3 is 2. The van der Waals surface area contributed by atoms with Crippen LogP contribution in [0.5, 0.6) is 5.75 Å². The molecule has 0 aliphatic carbocycles. The fraction of sp³-hybridized carbons (Fsp3) is 0.100. The van der Waals surface area contributed by atoms with Gasteiger partial charge in [-0.1, -0.05) is 35.6 Å². The molecule has 140 valence electrons. The van der Waals surface area contributed by atoms with E-state index in [1.54, 1.807) is 37.5 Å². The minimum Gasteiger partial charge on any atom is -0.496 e. The van der Waals surface area contributed by atoms with Crippen LogP contribution in [0.15, 0.2) is 53.3 Å². The zero-order chi connectivity index (χ0) is 19.7. The van der Waals surface area contributed by atoms with Gasteiger partial charge in [-0.05, 0) is 35.9 Å². The Morgan fingerprint density at radius 1 is 1.11 bits per heavy atom. The molecule has 0 spiro atoms. The van der Waals surface area contributed by atoms with Crippen LogP contribution >= 0.6 is 11.3 Å². The Kier molecular flexibility index (Phi) is 4.62. The van der Waals surface area contributed by atoms with Gasteiger partial charge in [0.05, 0.1) is 29.9 Å². The van der Waals surface area contributed by atoms with Crippen molar-refractivity contribution in [3.63, 3.8) is 0 Å². The summed E-state index contributed by atoms with van der Waals surface area (Å²) in [5.41, 5.74) is 1.72. The number of rotatable bonds is 4. The van der Waals surface area contributed by atoms with Crippen molar-refractivity contribution < 1.29 is 14.3 Å². The largest absolute Gasteiger partial charge is 0.496 e. The van der Waals surface area contributed by atoms with E-state index in [9.17, 15) is 9.59 Å². The number of thiazole rings is 1. The molecule has 0 N–H and O–H groups in total. The van der Waals surface area contributed by atoms with Crippen LogP contribution in [0.2, 0.25) is 0 Å². The predicted octanol–water partition coefficient (Wildman–Crippen LogP) is 2.16. The third kappa shape index (κ3) is 3.14. The second-order valence-corrected chi connectivity index (χ2v) is 6.87. The number of carbonyl (C=O) groups is 1. The molecule has 8 heteroatoms. The van der Waals surface area contributed by atoms with Gasteiger partial charge in [-0.2, -0.15) is 9.50 Å². The first-order chi connectivity index (χ1) is 13.6. The minimum absolute atomic E-state index is 0.245. The van der Waals surface area contributed by atoms with E-state index in [2.05, 4.69) is 14.8 Å². The zero-order valence-electron chi connectivity index (χ0n) is 15.1. The van der Waals surface area contributed by atoms with Crippen LogP contribution in [0.25, 0.3) is 22.4 Å². The van der Waals surface area contributed by atoms with Crippen LogP contribution in [0, 0.1) is 0 Å². The van der Waals surface area contributed by atoms with E-state index in [-0.39, 0.29) is 5.56 Å². The molecule has 0 saturated carbocycles. The maximum atomic E-state index is 12.7. The molecule has 28 heavy (non-hydrogen) atoms. The number of carbonyl (C=O) groups excluding carboxylic acids is 1. The number of para-hydroxylation sites is 1. The van der Waals surface area contributed by atoms with Gasteiger partial charge in [-0.3, -0.25) is 4.79 Å².